The molecule has 0 bridgehead atoms. The zero-order valence-corrected chi connectivity index (χ0v) is 9.17. The van der Waals surface area contributed by atoms with E-state index in [9.17, 15) is 4.39 Å². The molecule has 0 saturated heterocycles. The van der Waals surface area contributed by atoms with Gasteiger partial charge in [-0.3, -0.25) is 0 Å². The fraction of sp³-hybridized carbons (Fsp3) is 0. The second-order valence-corrected chi connectivity index (χ2v) is 3.87. The first kappa shape index (κ1) is 9.08. The summed E-state index contributed by atoms with van der Waals surface area (Å²) < 4.78 is 13.4. The quantitative estimate of drug-likeness (QED) is 0.699. The van der Waals surface area contributed by atoms with Gasteiger partial charge < -0.3 is 0 Å². The Morgan fingerprint density at radius 3 is 2.85 bits per heavy atom. The van der Waals surface area contributed by atoms with Gasteiger partial charge in [0.05, 0.1) is 10.5 Å². The van der Waals surface area contributed by atoms with Gasteiger partial charge in [-0.05, 0) is 40.8 Å². The van der Waals surface area contributed by atoms with Gasteiger partial charge in [0.2, 0.25) is 0 Å². The lowest BCUT2D eigenvalue weighted by atomic mass is 10.2. The molecule has 0 aliphatic heterocycles. The second kappa shape index (κ2) is 3.34. The lowest BCUT2D eigenvalue weighted by Crippen LogP contribution is -1.90. The van der Waals surface area contributed by atoms with E-state index in [4.69, 9.17) is 11.6 Å². The van der Waals surface area contributed by atoms with E-state index in [-0.39, 0.29) is 5.82 Å². The van der Waals surface area contributed by atoms with E-state index >= 15 is 0 Å². The Morgan fingerprint density at radius 2 is 2.08 bits per heavy atom. The summed E-state index contributed by atoms with van der Waals surface area (Å²) >= 11 is 7.88. The van der Waals surface area contributed by atoms with Crippen molar-refractivity contribution in [3.8, 4) is 0 Å². The number of aromatic nitrogens is 2. The van der Waals surface area contributed by atoms with Gasteiger partial charge in [0.25, 0.3) is 0 Å². The van der Waals surface area contributed by atoms with Gasteiger partial charge in [-0.15, -0.1) is 10.2 Å². The predicted molar refractivity (Wildman–Crippen MR) is 57.2 cm³/mol. The first-order valence-corrected chi connectivity index (χ1v) is 4.91. The Kier molecular flexibility index (Phi) is 2.33. The molecule has 13 heavy (non-hydrogen) atoms. The lowest BCUT2D eigenvalue weighted by Gasteiger charge is -1.99. The topological polar surface area (TPSA) is 25.8 Å². The number of halogens is 3. The summed E-state index contributed by atoms with van der Waals surface area (Å²) in [7, 11) is 0. The molecule has 2 nitrogen and oxygen atoms in total. The number of nitrogens with zero attached hydrogens (tertiary/aromatic N) is 2. The van der Waals surface area contributed by atoms with Gasteiger partial charge in [0, 0.05) is 5.39 Å². The average molecular weight is 308 g/mol. The lowest BCUT2D eigenvalue weighted by molar-refractivity contribution is 0.629. The molecule has 0 spiro atoms. The molecular formula is C8H3ClFIN2. The van der Waals surface area contributed by atoms with Crippen molar-refractivity contribution in [3.63, 3.8) is 0 Å². The third kappa shape index (κ3) is 1.60. The summed E-state index contributed by atoms with van der Waals surface area (Å²) in [6, 6.07) is 4.24. The Hall–Kier alpha value is -0.490. The van der Waals surface area contributed by atoms with Crippen LogP contribution in [0.2, 0.25) is 5.02 Å². The van der Waals surface area contributed by atoms with E-state index in [0.717, 1.165) is 0 Å². The fourth-order valence-electron chi connectivity index (χ4n) is 1.02. The summed E-state index contributed by atoms with van der Waals surface area (Å²) in [4.78, 5) is 0. The first-order chi connectivity index (χ1) is 6.18. The summed E-state index contributed by atoms with van der Waals surface area (Å²) in [5.74, 6) is -0.321. The van der Waals surface area contributed by atoms with Crippen molar-refractivity contribution in [2.24, 2.45) is 0 Å². The summed E-state index contributed by atoms with van der Waals surface area (Å²) in [6.45, 7) is 0. The minimum Gasteiger partial charge on any atom is -0.207 e. The number of hydrogen-bond donors (Lipinski definition) is 0. The molecule has 0 unspecified atom stereocenters. The molecule has 0 aliphatic rings. The maximum atomic E-state index is 12.8. The molecule has 0 N–H and O–H groups in total. The second-order valence-electron chi connectivity index (χ2n) is 2.47. The molecule has 2 aromatic rings. The largest absolute Gasteiger partial charge is 0.207 e. The van der Waals surface area contributed by atoms with Crippen LogP contribution in [0.4, 0.5) is 4.39 Å². The van der Waals surface area contributed by atoms with Gasteiger partial charge in [-0.1, -0.05) is 11.6 Å². The number of benzene rings is 1. The van der Waals surface area contributed by atoms with E-state index in [2.05, 4.69) is 10.2 Å². The maximum Gasteiger partial charge on any atom is 0.143 e. The number of rotatable bonds is 0. The van der Waals surface area contributed by atoms with Crippen molar-refractivity contribution in [2.75, 3.05) is 0 Å². The molecule has 0 amide bonds. The van der Waals surface area contributed by atoms with E-state index in [1.54, 1.807) is 6.07 Å². The van der Waals surface area contributed by atoms with Gasteiger partial charge in [-0.25, -0.2) is 4.39 Å². The molecule has 5 heteroatoms. The molecule has 1 aromatic heterocycles. The third-order valence-electron chi connectivity index (χ3n) is 1.62. The highest BCUT2D eigenvalue weighted by Gasteiger charge is 2.06. The molecule has 0 atom stereocenters. The Morgan fingerprint density at radius 1 is 1.31 bits per heavy atom. The molecule has 2 rings (SSSR count). The summed E-state index contributed by atoms with van der Waals surface area (Å²) in [5.41, 5.74) is 0.604. The third-order valence-corrected chi connectivity index (χ3v) is 3.08. The molecule has 1 aromatic carbocycles. The highest BCUT2D eigenvalue weighted by atomic mass is 127. The molecule has 1 heterocycles. The Bertz CT molecular complexity index is 470. The Balaban J connectivity index is 2.89. The van der Waals surface area contributed by atoms with Crippen LogP contribution in [0.3, 0.4) is 0 Å². The average Bonchev–Trinajstić information content (AvgIpc) is 2.12. The van der Waals surface area contributed by atoms with Crippen LogP contribution in [0, 0.1) is 9.52 Å². The number of fused-ring (bicyclic) bond motifs is 1. The smallest absolute Gasteiger partial charge is 0.143 e. The van der Waals surface area contributed by atoms with E-state index in [0.29, 0.717) is 19.6 Å². The highest BCUT2D eigenvalue weighted by molar-refractivity contribution is 14.1. The fourth-order valence-corrected chi connectivity index (χ4v) is 1.61. The molecule has 0 saturated carbocycles. The van der Waals surface area contributed by atoms with E-state index in [1.807, 2.05) is 22.6 Å². The van der Waals surface area contributed by atoms with Crippen molar-refractivity contribution < 1.29 is 4.39 Å². The van der Waals surface area contributed by atoms with Crippen molar-refractivity contribution in [1.29, 1.82) is 0 Å². The first-order valence-electron chi connectivity index (χ1n) is 3.45. The number of hydrogen-bond acceptors (Lipinski definition) is 2. The SMILES string of the molecule is Fc1ccc2nnc(I)c(Cl)c2c1. The van der Waals surface area contributed by atoms with Crippen molar-refractivity contribution >= 4 is 45.1 Å². The van der Waals surface area contributed by atoms with Crippen LogP contribution in [-0.4, -0.2) is 10.2 Å². The van der Waals surface area contributed by atoms with Gasteiger partial charge >= 0.3 is 0 Å². The van der Waals surface area contributed by atoms with Gasteiger partial charge in [0.1, 0.15) is 9.52 Å². The van der Waals surface area contributed by atoms with Crippen LogP contribution in [0.5, 0.6) is 0 Å². The minimum absolute atomic E-state index is 0.321. The minimum atomic E-state index is -0.321. The predicted octanol–water partition coefficient (Wildman–Crippen LogP) is 3.03. The Labute approximate surface area is 92.3 Å². The van der Waals surface area contributed by atoms with Gasteiger partial charge in [0.15, 0.2) is 0 Å². The summed E-state index contributed by atoms with van der Waals surface area (Å²) in [5, 5.41) is 8.74. The van der Waals surface area contributed by atoms with Crippen LogP contribution >= 0.6 is 34.2 Å². The van der Waals surface area contributed by atoms with Crippen LogP contribution in [0.25, 0.3) is 10.9 Å². The zero-order chi connectivity index (χ0) is 9.42. The standard InChI is InChI=1S/C8H3ClFIN2/c9-7-5-3-4(10)1-2-6(5)12-13-8(7)11/h1-3H. The van der Waals surface area contributed by atoms with Crippen LogP contribution in [0.1, 0.15) is 0 Å². The molecular weight excluding hydrogens is 305 g/mol. The summed E-state index contributed by atoms with van der Waals surface area (Å²) in [6.07, 6.45) is 0. The highest BCUT2D eigenvalue weighted by Crippen LogP contribution is 2.25. The van der Waals surface area contributed by atoms with Crippen LogP contribution in [0.15, 0.2) is 18.2 Å². The molecule has 66 valence electrons. The van der Waals surface area contributed by atoms with Gasteiger partial charge in [-0.2, -0.15) is 0 Å². The van der Waals surface area contributed by atoms with Crippen molar-refractivity contribution in [3.05, 3.63) is 32.7 Å². The zero-order valence-electron chi connectivity index (χ0n) is 6.26. The monoisotopic (exact) mass is 308 g/mol. The van der Waals surface area contributed by atoms with E-state index in [1.165, 1.54) is 12.1 Å². The maximum absolute atomic E-state index is 12.8. The van der Waals surface area contributed by atoms with Crippen molar-refractivity contribution in [2.45, 2.75) is 0 Å². The van der Waals surface area contributed by atoms with Crippen molar-refractivity contribution in [1.82, 2.24) is 10.2 Å². The van der Waals surface area contributed by atoms with Crippen LogP contribution < -0.4 is 0 Å². The van der Waals surface area contributed by atoms with E-state index < -0.39 is 0 Å². The molecule has 0 radical (unpaired) electrons. The molecule has 0 fully saturated rings. The molecule has 0 aliphatic carbocycles. The normalized spacial score (nSPS) is 10.7. The van der Waals surface area contributed by atoms with Crippen LogP contribution in [-0.2, 0) is 0 Å².